The van der Waals surface area contributed by atoms with Crippen LogP contribution in [-0.2, 0) is 11.2 Å². The minimum Gasteiger partial charge on any atom is -0.303 e. The van der Waals surface area contributed by atoms with E-state index in [2.05, 4.69) is 21.0 Å². The highest BCUT2D eigenvalue weighted by molar-refractivity contribution is 9.10. The van der Waals surface area contributed by atoms with Crippen LogP contribution in [0.3, 0.4) is 0 Å². The standard InChI is InChI=1S/C10H9BrN2O/c1-7-2-4-13-9(6-7)10(11)8(12-13)3-5-14/h2,4-6H,3H2,1H3. The number of aldehydes is 1. The quantitative estimate of drug-likeness (QED) is 0.768. The molecule has 2 aromatic rings. The lowest BCUT2D eigenvalue weighted by Gasteiger charge is -1.94. The molecule has 4 heteroatoms. The molecule has 2 heterocycles. The average Bonchev–Trinajstić information content (AvgIpc) is 2.46. The monoisotopic (exact) mass is 252 g/mol. The summed E-state index contributed by atoms with van der Waals surface area (Å²) < 4.78 is 2.68. The second-order valence-corrected chi connectivity index (χ2v) is 3.96. The van der Waals surface area contributed by atoms with E-state index in [9.17, 15) is 4.79 Å². The molecule has 0 spiro atoms. The summed E-state index contributed by atoms with van der Waals surface area (Å²) in [5, 5.41) is 4.28. The first-order valence-corrected chi connectivity index (χ1v) is 5.08. The first-order valence-electron chi connectivity index (χ1n) is 4.29. The van der Waals surface area contributed by atoms with Crippen LogP contribution < -0.4 is 0 Å². The first kappa shape index (κ1) is 9.40. The Bertz CT molecular complexity index is 490. The van der Waals surface area contributed by atoms with Gasteiger partial charge in [-0.25, -0.2) is 4.52 Å². The smallest absolute Gasteiger partial charge is 0.126 e. The van der Waals surface area contributed by atoms with Crippen molar-refractivity contribution in [2.45, 2.75) is 13.3 Å². The lowest BCUT2D eigenvalue weighted by molar-refractivity contribution is -0.107. The van der Waals surface area contributed by atoms with Gasteiger partial charge in [-0.05, 0) is 40.5 Å². The van der Waals surface area contributed by atoms with Crippen molar-refractivity contribution in [2.75, 3.05) is 0 Å². The van der Waals surface area contributed by atoms with Gasteiger partial charge in [0, 0.05) is 12.6 Å². The maximum Gasteiger partial charge on any atom is 0.126 e. The number of pyridine rings is 1. The third kappa shape index (κ3) is 1.46. The van der Waals surface area contributed by atoms with E-state index >= 15 is 0 Å². The maximum absolute atomic E-state index is 10.4. The van der Waals surface area contributed by atoms with Gasteiger partial charge in [0.05, 0.1) is 15.7 Å². The molecule has 0 amide bonds. The zero-order valence-electron chi connectivity index (χ0n) is 7.70. The highest BCUT2D eigenvalue weighted by Crippen LogP contribution is 2.23. The van der Waals surface area contributed by atoms with Crippen molar-refractivity contribution in [3.63, 3.8) is 0 Å². The van der Waals surface area contributed by atoms with E-state index in [4.69, 9.17) is 0 Å². The summed E-state index contributed by atoms with van der Waals surface area (Å²) >= 11 is 3.44. The van der Waals surface area contributed by atoms with Crippen LogP contribution in [0.2, 0.25) is 0 Å². The van der Waals surface area contributed by atoms with Gasteiger partial charge in [0.15, 0.2) is 0 Å². The summed E-state index contributed by atoms with van der Waals surface area (Å²) in [5.74, 6) is 0. The van der Waals surface area contributed by atoms with Crippen LogP contribution in [0.1, 0.15) is 11.3 Å². The number of carbonyl (C=O) groups is 1. The van der Waals surface area contributed by atoms with Gasteiger partial charge in [0.25, 0.3) is 0 Å². The van der Waals surface area contributed by atoms with E-state index in [1.165, 1.54) is 5.56 Å². The van der Waals surface area contributed by atoms with Gasteiger partial charge < -0.3 is 4.79 Å². The largest absolute Gasteiger partial charge is 0.303 e. The molecule has 0 atom stereocenters. The Labute approximate surface area is 89.9 Å². The highest BCUT2D eigenvalue weighted by Gasteiger charge is 2.08. The predicted octanol–water partition coefficient (Wildman–Crippen LogP) is 2.15. The Morgan fingerprint density at radius 3 is 3.14 bits per heavy atom. The van der Waals surface area contributed by atoms with E-state index in [1.54, 1.807) is 4.52 Å². The fourth-order valence-electron chi connectivity index (χ4n) is 1.38. The van der Waals surface area contributed by atoms with Gasteiger partial charge in [-0.2, -0.15) is 5.10 Å². The van der Waals surface area contributed by atoms with Crippen molar-refractivity contribution in [1.82, 2.24) is 9.61 Å². The van der Waals surface area contributed by atoms with Crippen molar-refractivity contribution in [3.8, 4) is 0 Å². The molecule has 3 nitrogen and oxygen atoms in total. The summed E-state index contributed by atoms with van der Waals surface area (Å²) in [4.78, 5) is 10.4. The van der Waals surface area contributed by atoms with Crippen LogP contribution in [0.4, 0.5) is 0 Å². The fraction of sp³-hybridized carbons (Fsp3) is 0.200. The topological polar surface area (TPSA) is 34.4 Å². The van der Waals surface area contributed by atoms with Crippen molar-refractivity contribution in [2.24, 2.45) is 0 Å². The number of aryl methyl sites for hydroxylation is 1. The molecular formula is C10H9BrN2O. The van der Waals surface area contributed by atoms with Crippen molar-refractivity contribution < 1.29 is 4.79 Å². The van der Waals surface area contributed by atoms with Crippen LogP contribution in [0.15, 0.2) is 22.8 Å². The number of fused-ring (bicyclic) bond motifs is 1. The Kier molecular flexibility index (Phi) is 2.37. The molecular weight excluding hydrogens is 244 g/mol. The molecule has 0 aromatic carbocycles. The molecule has 0 fully saturated rings. The minimum absolute atomic E-state index is 0.349. The van der Waals surface area contributed by atoms with Crippen molar-refractivity contribution in [3.05, 3.63) is 34.1 Å². The zero-order valence-corrected chi connectivity index (χ0v) is 9.28. The molecule has 2 rings (SSSR count). The molecule has 0 radical (unpaired) electrons. The van der Waals surface area contributed by atoms with E-state index < -0.39 is 0 Å². The number of hydrogen-bond acceptors (Lipinski definition) is 2. The summed E-state index contributed by atoms with van der Waals surface area (Å²) in [5.41, 5.74) is 2.96. The second kappa shape index (κ2) is 3.53. The molecule has 0 bridgehead atoms. The van der Waals surface area contributed by atoms with Gasteiger partial charge in [-0.1, -0.05) is 0 Å². The fourth-order valence-corrected chi connectivity index (χ4v) is 1.92. The van der Waals surface area contributed by atoms with Gasteiger partial charge >= 0.3 is 0 Å². The van der Waals surface area contributed by atoms with Crippen LogP contribution in [0.5, 0.6) is 0 Å². The Hall–Kier alpha value is -1.16. The van der Waals surface area contributed by atoms with Gasteiger partial charge in [-0.15, -0.1) is 0 Å². The Balaban J connectivity index is 2.67. The number of halogens is 1. The number of nitrogens with zero attached hydrogens (tertiary/aromatic N) is 2. The number of carbonyl (C=O) groups excluding carboxylic acids is 1. The minimum atomic E-state index is 0.349. The lowest BCUT2D eigenvalue weighted by atomic mass is 10.2. The van der Waals surface area contributed by atoms with Crippen LogP contribution in [-0.4, -0.2) is 15.9 Å². The van der Waals surface area contributed by atoms with Crippen LogP contribution >= 0.6 is 15.9 Å². The lowest BCUT2D eigenvalue weighted by Crippen LogP contribution is -1.89. The Morgan fingerprint density at radius 2 is 2.43 bits per heavy atom. The van der Waals surface area contributed by atoms with Gasteiger partial charge in [-0.3, -0.25) is 0 Å². The van der Waals surface area contributed by atoms with Gasteiger partial charge in [0.2, 0.25) is 0 Å². The highest BCUT2D eigenvalue weighted by atomic mass is 79.9. The molecule has 0 saturated heterocycles. The molecule has 72 valence electrons. The zero-order chi connectivity index (χ0) is 10.1. The average molecular weight is 253 g/mol. The molecule has 14 heavy (non-hydrogen) atoms. The van der Waals surface area contributed by atoms with E-state index in [0.717, 1.165) is 22.0 Å². The molecule has 0 aliphatic carbocycles. The maximum atomic E-state index is 10.4. The molecule has 0 N–H and O–H groups in total. The van der Waals surface area contributed by atoms with Gasteiger partial charge in [0.1, 0.15) is 6.29 Å². The first-order chi connectivity index (χ1) is 6.72. The Morgan fingerprint density at radius 1 is 1.64 bits per heavy atom. The van der Waals surface area contributed by atoms with E-state index in [0.29, 0.717) is 6.42 Å². The summed E-state index contributed by atoms with van der Waals surface area (Å²) in [6.07, 6.45) is 3.10. The molecule has 2 aromatic heterocycles. The third-order valence-electron chi connectivity index (χ3n) is 2.07. The SMILES string of the molecule is Cc1ccn2nc(CC=O)c(Br)c2c1. The van der Waals surface area contributed by atoms with E-state index in [-0.39, 0.29) is 0 Å². The van der Waals surface area contributed by atoms with Crippen LogP contribution in [0, 0.1) is 6.92 Å². The molecule has 0 aliphatic rings. The predicted molar refractivity (Wildman–Crippen MR) is 57.4 cm³/mol. The summed E-state index contributed by atoms with van der Waals surface area (Å²) in [7, 11) is 0. The number of aromatic nitrogens is 2. The number of rotatable bonds is 2. The second-order valence-electron chi connectivity index (χ2n) is 3.17. The molecule has 0 saturated carbocycles. The molecule has 0 aliphatic heterocycles. The normalized spacial score (nSPS) is 10.7. The molecule has 0 unspecified atom stereocenters. The van der Waals surface area contributed by atoms with Crippen LogP contribution in [0.25, 0.3) is 5.52 Å². The summed E-state index contributed by atoms with van der Waals surface area (Å²) in [6, 6.07) is 4.02. The third-order valence-corrected chi connectivity index (χ3v) is 2.94. The summed E-state index contributed by atoms with van der Waals surface area (Å²) in [6.45, 7) is 2.03. The van der Waals surface area contributed by atoms with E-state index in [1.807, 2.05) is 25.3 Å². The van der Waals surface area contributed by atoms with Crippen molar-refractivity contribution in [1.29, 1.82) is 0 Å². The van der Waals surface area contributed by atoms with Crippen molar-refractivity contribution >= 4 is 27.7 Å². The number of hydrogen-bond donors (Lipinski definition) is 0.